The standard InChI is InChI=1S/C16H12BrIN2O2/c1-2-10-5-3-4-6-14(10)20-16(21)11(9-19)7-12-8-13(17)15(18)22-12/h3-8H,2H2,1H3,(H,20,21)/b11-7-. The van der Waals surface area contributed by atoms with Crippen LogP contribution in [0, 0.1) is 15.1 Å². The van der Waals surface area contributed by atoms with Crippen LogP contribution in [0.5, 0.6) is 0 Å². The molecule has 22 heavy (non-hydrogen) atoms. The van der Waals surface area contributed by atoms with E-state index < -0.39 is 5.91 Å². The molecule has 0 aliphatic heterocycles. The minimum atomic E-state index is -0.453. The Morgan fingerprint density at radius 3 is 2.82 bits per heavy atom. The molecule has 0 saturated carbocycles. The van der Waals surface area contributed by atoms with Gasteiger partial charge in [0.05, 0.1) is 4.47 Å². The van der Waals surface area contributed by atoms with E-state index in [2.05, 4.69) is 21.2 Å². The Morgan fingerprint density at radius 1 is 1.50 bits per heavy atom. The Balaban J connectivity index is 2.24. The van der Waals surface area contributed by atoms with Crippen molar-refractivity contribution in [2.45, 2.75) is 13.3 Å². The number of amides is 1. The number of carbonyl (C=O) groups is 1. The highest BCUT2D eigenvalue weighted by Crippen LogP contribution is 2.25. The molecule has 2 rings (SSSR count). The quantitative estimate of drug-likeness (QED) is 0.398. The van der Waals surface area contributed by atoms with Crippen LogP contribution in [0.2, 0.25) is 0 Å². The lowest BCUT2D eigenvalue weighted by Crippen LogP contribution is -2.14. The second-order valence-electron chi connectivity index (χ2n) is 4.41. The smallest absolute Gasteiger partial charge is 0.266 e. The van der Waals surface area contributed by atoms with E-state index in [4.69, 9.17) is 4.42 Å². The van der Waals surface area contributed by atoms with Crippen LogP contribution in [-0.2, 0) is 11.2 Å². The molecule has 1 aromatic heterocycles. The van der Waals surface area contributed by atoms with E-state index in [1.54, 1.807) is 6.07 Å². The lowest BCUT2D eigenvalue weighted by Gasteiger charge is -2.08. The van der Waals surface area contributed by atoms with Crippen molar-refractivity contribution in [2.24, 2.45) is 0 Å². The van der Waals surface area contributed by atoms with Gasteiger partial charge in [0.2, 0.25) is 0 Å². The predicted octanol–water partition coefficient (Wildman–Crippen LogP) is 4.75. The number of aryl methyl sites for hydroxylation is 1. The number of nitriles is 1. The first-order valence-electron chi connectivity index (χ1n) is 6.51. The van der Waals surface area contributed by atoms with Gasteiger partial charge < -0.3 is 9.73 Å². The second kappa shape index (κ2) is 7.61. The molecule has 0 aliphatic carbocycles. The van der Waals surface area contributed by atoms with Crippen LogP contribution >= 0.6 is 38.5 Å². The number of halogens is 2. The van der Waals surface area contributed by atoms with Gasteiger partial charge in [-0.1, -0.05) is 25.1 Å². The van der Waals surface area contributed by atoms with Gasteiger partial charge in [0.25, 0.3) is 5.91 Å². The van der Waals surface area contributed by atoms with E-state index >= 15 is 0 Å². The highest BCUT2D eigenvalue weighted by atomic mass is 127. The van der Waals surface area contributed by atoms with E-state index in [0.717, 1.165) is 16.5 Å². The Labute approximate surface area is 150 Å². The average molecular weight is 471 g/mol. The molecule has 2 aromatic rings. The number of carbonyl (C=O) groups excluding carboxylic acids is 1. The van der Waals surface area contributed by atoms with Crippen LogP contribution in [0.4, 0.5) is 5.69 Å². The van der Waals surface area contributed by atoms with E-state index in [1.165, 1.54) is 6.08 Å². The van der Waals surface area contributed by atoms with Crippen molar-refractivity contribution < 1.29 is 9.21 Å². The zero-order valence-corrected chi connectivity index (χ0v) is 15.4. The third kappa shape index (κ3) is 3.99. The fraction of sp³-hybridized carbons (Fsp3) is 0.125. The summed E-state index contributed by atoms with van der Waals surface area (Å²) in [5.41, 5.74) is 1.72. The number of nitrogens with one attached hydrogen (secondary N) is 1. The van der Waals surface area contributed by atoms with Crippen molar-refractivity contribution in [3.8, 4) is 6.07 Å². The van der Waals surface area contributed by atoms with Gasteiger partial charge in [0.1, 0.15) is 17.4 Å². The molecule has 0 bridgehead atoms. The molecule has 0 atom stereocenters. The zero-order valence-electron chi connectivity index (χ0n) is 11.7. The molecule has 1 heterocycles. The molecular weight excluding hydrogens is 459 g/mol. The zero-order chi connectivity index (χ0) is 16.1. The Bertz CT molecular complexity index is 755. The lowest BCUT2D eigenvalue weighted by atomic mass is 10.1. The molecule has 4 nitrogen and oxygen atoms in total. The molecule has 0 aliphatic rings. The minimum Gasteiger partial charge on any atom is -0.450 e. The van der Waals surface area contributed by atoms with Crippen molar-refractivity contribution in [2.75, 3.05) is 5.32 Å². The maximum atomic E-state index is 12.3. The number of benzene rings is 1. The fourth-order valence-electron chi connectivity index (χ4n) is 1.87. The van der Waals surface area contributed by atoms with Crippen LogP contribution in [0.25, 0.3) is 6.08 Å². The number of furan rings is 1. The first kappa shape index (κ1) is 16.8. The molecule has 112 valence electrons. The van der Waals surface area contributed by atoms with Crippen molar-refractivity contribution in [1.82, 2.24) is 0 Å². The summed E-state index contributed by atoms with van der Waals surface area (Å²) >= 11 is 5.35. The fourth-order valence-corrected chi connectivity index (χ4v) is 2.58. The molecule has 0 spiro atoms. The summed E-state index contributed by atoms with van der Waals surface area (Å²) in [5.74, 6) is -0.00215. The van der Waals surface area contributed by atoms with Crippen LogP contribution < -0.4 is 5.32 Å². The molecular formula is C16H12BrIN2O2. The molecule has 0 saturated heterocycles. The summed E-state index contributed by atoms with van der Waals surface area (Å²) in [7, 11) is 0. The molecule has 0 fully saturated rings. The molecule has 1 amide bonds. The van der Waals surface area contributed by atoms with E-state index in [0.29, 0.717) is 15.2 Å². The van der Waals surface area contributed by atoms with Crippen LogP contribution in [0.15, 0.2) is 44.8 Å². The number of hydrogen-bond acceptors (Lipinski definition) is 3. The van der Waals surface area contributed by atoms with Gasteiger partial charge in [-0.25, -0.2) is 0 Å². The number of hydrogen-bond donors (Lipinski definition) is 1. The van der Waals surface area contributed by atoms with E-state index in [-0.39, 0.29) is 5.57 Å². The Kier molecular flexibility index (Phi) is 5.80. The van der Waals surface area contributed by atoms with E-state index in [9.17, 15) is 10.1 Å². The minimum absolute atomic E-state index is 0.0106. The van der Waals surface area contributed by atoms with Crippen molar-refractivity contribution >= 4 is 56.2 Å². The highest BCUT2D eigenvalue weighted by Gasteiger charge is 2.13. The number of para-hydroxylation sites is 1. The summed E-state index contributed by atoms with van der Waals surface area (Å²) in [6.45, 7) is 2.01. The third-order valence-electron chi connectivity index (χ3n) is 2.96. The summed E-state index contributed by atoms with van der Waals surface area (Å²) in [6, 6.07) is 11.1. The van der Waals surface area contributed by atoms with Crippen LogP contribution in [0.1, 0.15) is 18.2 Å². The van der Waals surface area contributed by atoms with Gasteiger partial charge in [0.15, 0.2) is 3.77 Å². The number of nitrogens with zero attached hydrogens (tertiary/aromatic N) is 1. The number of rotatable bonds is 4. The van der Waals surface area contributed by atoms with Gasteiger partial charge in [-0.3, -0.25) is 4.79 Å². The topological polar surface area (TPSA) is 66.0 Å². The first-order chi connectivity index (χ1) is 10.5. The van der Waals surface area contributed by atoms with Crippen molar-refractivity contribution in [3.05, 3.63) is 55.5 Å². The SMILES string of the molecule is CCc1ccccc1NC(=O)/C(C#N)=C\c1cc(Br)c(I)o1. The molecule has 1 aromatic carbocycles. The summed E-state index contributed by atoms with van der Waals surface area (Å²) in [4.78, 5) is 12.3. The monoisotopic (exact) mass is 470 g/mol. The number of anilines is 1. The summed E-state index contributed by atoms with van der Waals surface area (Å²) in [5, 5.41) is 12.0. The van der Waals surface area contributed by atoms with Gasteiger partial charge in [-0.05, 0) is 40.0 Å². The van der Waals surface area contributed by atoms with Crippen molar-refractivity contribution in [3.63, 3.8) is 0 Å². The van der Waals surface area contributed by atoms with Gasteiger partial charge in [-0.2, -0.15) is 5.26 Å². The molecule has 6 heteroatoms. The second-order valence-corrected chi connectivity index (χ2v) is 6.24. The molecule has 0 unspecified atom stereocenters. The Hall–Kier alpha value is -1.59. The van der Waals surface area contributed by atoms with Crippen LogP contribution in [0.3, 0.4) is 0 Å². The normalized spacial score (nSPS) is 11.1. The van der Waals surface area contributed by atoms with Gasteiger partial charge in [0, 0.05) is 34.4 Å². The van der Waals surface area contributed by atoms with E-state index in [1.807, 2.05) is 59.8 Å². The summed E-state index contributed by atoms with van der Waals surface area (Å²) < 4.78 is 6.87. The summed E-state index contributed by atoms with van der Waals surface area (Å²) in [6.07, 6.45) is 2.22. The maximum absolute atomic E-state index is 12.3. The lowest BCUT2D eigenvalue weighted by molar-refractivity contribution is -0.112. The highest BCUT2D eigenvalue weighted by molar-refractivity contribution is 14.1. The predicted molar refractivity (Wildman–Crippen MR) is 97.2 cm³/mol. The Morgan fingerprint density at radius 2 is 2.23 bits per heavy atom. The first-order valence-corrected chi connectivity index (χ1v) is 8.38. The molecule has 0 radical (unpaired) electrons. The largest absolute Gasteiger partial charge is 0.450 e. The van der Waals surface area contributed by atoms with Crippen molar-refractivity contribution in [1.29, 1.82) is 5.26 Å². The molecule has 1 N–H and O–H groups in total. The van der Waals surface area contributed by atoms with Gasteiger partial charge in [-0.15, -0.1) is 0 Å². The third-order valence-corrected chi connectivity index (χ3v) is 5.09. The van der Waals surface area contributed by atoms with Crippen LogP contribution in [-0.4, -0.2) is 5.91 Å². The maximum Gasteiger partial charge on any atom is 0.266 e. The average Bonchev–Trinajstić information content (AvgIpc) is 2.83. The van der Waals surface area contributed by atoms with Gasteiger partial charge >= 0.3 is 0 Å².